The van der Waals surface area contributed by atoms with E-state index < -0.39 is 0 Å². The predicted molar refractivity (Wildman–Crippen MR) is 72.2 cm³/mol. The first-order chi connectivity index (χ1) is 8.76. The number of rotatable bonds is 3. The van der Waals surface area contributed by atoms with E-state index in [0.29, 0.717) is 6.54 Å². The molecule has 2 N–H and O–H groups in total. The minimum Gasteiger partial charge on any atom is -0.371 e. The van der Waals surface area contributed by atoms with Gasteiger partial charge in [-0.25, -0.2) is 4.39 Å². The third-order valence-corrected chi connectivity index (χ3v) is 4.47. The van der Waals surface area contributed by atoms with Crippen LogP contribution >= 0.6 is 0 Å². The van der Waals surface area contributed by atoms with E-state index in [0.717, 1.165) is 42.6 Å². The molecule has 3 rings (SSSR count). The van der Waals surface area contributed by atoms with Crippen molar-refractivity contribution in [3.63, 3.8) is 0 Å². The fourth-order valence-electron chi connectivity index (χ4n) is 3.57. The van der Waals surface area contributed by atoms with Gasteiger partial charge in [-0.3, -0.25) is 0 Å². The molecule has 2 nitrogen and oxygen atoms in total. The van der Waals surface area contributed by atoms with E-state index in [1.165, 1.54) is 19.3 Å². The van der Waals surface area contributed by atoms with E-state index in [9.17, 15) is 4.39 Å². The van der Waals surface area contributed by atoms with Crippen LogP contribution in [-0.4, -0.2) is 19.6 Å². The average Bonchev–Trinajstić information content (AvgIpc) is 2.88. The molecule has 18 heavy (non-hydrogen) atoms. The Hall–Kier alpha value is -1.09. The lowest BCUT2D eigenvalue weighted by molar-refractivity contribution is 0.494. The maximum Gasteiger partial charge on any atom is 0.125 e. The predicted octanol–water partition coefficient (Wildman–Crippen LogP) is 2.56. The highest BCUT2D eigenvalue weighted by Gasteiger charge is 2.36. The van der Waals surface area contributed by atoms with Crippen LogP contribution in [0.5, 0.6) is 0 Å². The molecule has 0 amide bonds. The van der Waals surface area contributed by atoms with Gasteiger partial charge in [0.05, 0.1) is 0 Å². The first-order valence-corrected chi connectivity index (χ1v) is 7.01. The van der Waals surface area contributed by atoms with Gasteiger partial charge in [0.1, 0.15) is 5.82 Å². The van der Waals surface area contributed by atoms with Gasteiger partial charge in [-0.2, -0.15) is 0 Å². The lowest BCUT2D eigenvalue weighted by Gasteiger charge is -2.20. The fraction of sp³-hybridized carbons (Fsp3) is 0.600. The molecule has 2 aliphatic rings. The molecule has 2 atom stereocenters. The van der Waals surface area contributed by atoms with E-state index in [2.05, 4.69) is 11.0 Å². The van der Waals surface area contributed by atoms with Crippen LogP contribution in [0.4, 0.5) is 10.1 Å². The molecule has 1 aliphatic carbocycles. The molecular formula is C15H21FN2. The Morgan fingerprint density at radius 3 is 2.56 bits per heavy atom. The zero-order valence-electron chi connectivity index (χ0n) is 10.7. The van der Waals surface area contributed by atoms with Crippen LogP contribution in [0.1, 0.15) is 24.8 Å². The van der Waals surface area contributed by atoms with E-state index in [1.807, 2.05) is 0 Å². The molecule has 2 fully saturated rings. The second-order valence-electron chi connectivity index (χ2n) is 5.71. The summed E-state index contributed by atoms with van der Waals surface area (Å²) in [5, 5.41) is 0. The molecule has 3 heteroatoms. The average molecular weight is 248 g/mol. The lowest BCUT2D eigenvalue weighted by Crippen LogP contribution is -2.21. The third kappa shape index (κ3) is 2.24. The molecule has 1 aliphatic heterocycles. The quantitative estimate of drug-likeness (QED) is 0.890. The topological polar surface area (TPSA) is 29.3 Å². The van der Waals surface area contributed by atoms with Crippen LogP contribution in [0.25, 0.3) is 0 Å². The number of anilines is 1. The monoisotopic (exact) mass is 248 g/mol. The summed E-state index contributed by atoms with van der Waals surface area (Å²) in [5.74, 6) is 1.55. The SMILES string of the molecule is NCCc1cc(F)cc(N2CC3CCCC3C2)c1. The molecule has 1 aromatic carbocycles. The molecular weight excluding hydrogens is 227 g/mol. The van der Waals surface area contributed by atoms with Gasteiger partial charge in [0.2, 0.25) is 0 Å². The van der Waals surface area contributed by atoms with Crippen LogP contribution in [0.15, 0.2) is 18.2 Å². The maximum atomic E-state index is 13.6. The highest BCUT2D eigenvalue weighted by Crippen LogP contribution is 2.39. The second-order valence-corrected chi connectivity index (χ2v) is 5.71. The van der Waals surface area contributed by atoms with Gasteiger partial charge in [0.25, 0.3) is 0 Å². The number of hydrogen-bond acceptors (Lipinski definition) is 2. The molecule has 0 radical (unpaired) electrons. The minimum absolute atomic E-state index is 0.131. The molecule has 98 valence electrons. The summed E-state index contributed by atoms with van der Waals surface area (Å²) in [5.41, 5.74) is 7.62. The van der Waals surface area contributed by atoms with Crippen LogP contribution in [0.3, 0.4) is 0 Å². The first-order valence-electron chi connectivity index (χ1n) is 7.01. The third-order valence-electron chi connectivity index (χ3n) is 4.47. The Bertz CT molecular complexity index is 421. The molecule has 1 aromatic rings. The Balaban J connectivity index is 1.79. The Kier molecular flexibility index (Phi) is 3.25. The summed E-state index contributed by atoms with van der Waals surface area (Å²) in [7, 11) is 0. The summed E-state index contributed by atoms with van der Waals surface area (Å²) in [6, 6.07) is 5.38. The van der Waals surface area contributed by atoms with Crippen molar-refractivity contribution in [2.45, 2.75) is 25.7 Å². The summed E-state index contributed by atoms with van der Waals surface area (Å²) in [6.45, 7) is 2.79. The minimum atomic E-state index is -0.131. The molecule has 0 aromatic heterocycles. The molecule has 0 bridgehead atoms. The van der Waals surface area contributed by atoms with Gasteiger partial charge in [-0.05, 0) is 61.4 Å². The standard InChI is InChI=1S/C15H21FN2/c16-14-6-11(4-5-17)7-15(8-14)18-9-12-2-1-3-13(12)10-18/h6-8,12-13H,1-5,9-10,17H2. The van der Waals surface area contributed by atoms with Gasteiger partial charge in [-0.15, -0.1) is 0 Å². The number of fused-ring (bicyclic) bond motifs is 1. The molecule has 1 saturated heterocycles. The van der Waals surface area contributed by atoms with Crippen molar-refractivity contribution in [2.75, 3.05) is 24.5 Å². The van der Waals surface area contributed by atoms with Crippen LogP contribution in [0.2, 0.25) is 0 Å². The zero-order chi connectivity index (χ0) is 12.5. The second kappa shape index (κ2) is 4.88. The van der Waals surface area contributed by atoms with E-state index >= 15 is 0 Å². The van der Waals surface area contributed by atoms with Gasteiger partial charge in [0, 0.05) is 18.8 Å². The van der Waals surface area contributed by atoms with E-state index in [1.54, 1.807) is 12.1 Å². The number of nitrogens with zero attached hydrogens (tertiary/aromatic N) is 1. The van der Waals surface area contributed by atoms with Gasteiger partial charge < -0.3 is 10.6 Å². The van der Waals surface area contributed by atoms with Crippen LogP contribution in [-0.2, 0) is 6.42 Å². The van der Waals surface area contributed by atoms with E-state index in [-0.39, 0.29) is 5.82 Å². The van der Waals surface area contributed by atoms with Crippen molar-refractivity contribution in [1.29, 1.82) is 0 Å². The van der Waals surface area contributed by atoms with Crippen molar-refractivity contribution in [3.8, 4) is 0 Å². The smallest absolute Gasteiger partial charge is 0.125 e. The normalized spacial score (nSPS) is 26.7. The molecule has 0 spiro atoms. The van der Waals surface area contributed by atoms with Gasteiger partial charge in [0.15, 0.2) is 0 Å². The highest BCUT2D eigenvalue weighted by molar-refractivity contribution is 5.50. The summed E-state index contributed by atoms with van der Waals surface area (Å²) in [4.78, 5) is 2.36. The van der Waals surface area contributed by atoms with E-state index in [4.69, 9.17) is 5.73 Å². The zero-order valence-corrected chi connectivity index (χ0v) is 10.7. The molecule has 1 saturated carbocycles. The summed E-state index contributed by atoms with van der Waals surface area (Å²) < 4.78 is 13.6. The Morgan fingerprint density at radius 1 is 1.17 bits per heavy atom. The summed E-state index contributed by atoms with van der Waals surface area (Å²) in [6.07, 6.45) is 4.84. The van der Waals surface area contributed by atoms with Gasteiger partial charge in [-0.1, -0.05) is 6.42 Å². The van der Waals surface area contributed by atoms with Crippen molar-refractivity contribution in [3.05, 3.63) is 29.6 Å². The van der Waals surface area contributed by atoms with Gasteiger partial charge >= 0.3 is 0 Å². The van der Waals surface area contributed by atoms with Crippen molar-refractivity contribution < 1.29 is 4.39 Å². The lowest BCUT2D eigenvalue weighted by atomic mass is 10.0. The Labute approximate surface area is 108 Å². The number of nitrogens with two attached hydrogens (primary N) is 1. The Morgan fingerprint density at radius 2 is 1.89 bits per heavy atom. The molecule has 2 unspecified atom stereocenters. The van der Waals surface area contributed by atoms with Crippen molar-refractivity contribution in [1.82, 2.24) is 0 Å². The summed E-state index contributed by atoms with van der Waals surface area (Å²) >= 11 is 0. The molecule has 1 heterocycles. The largest absolute Gasteiger partial charge is 0.371 e. The van der Waals surface area contributed by atoms with Crippen molar-refractivity contribution in [2.24, 2.45) is 17.6 Å². The van der Waals surface area contributed by atoms with Crippen LogP contribution < -0.4 is 10.6 Å². The number of benzene rings is 1. The maximum absolute atomic E-state index is 13.6. The first kappa shape index (κ1) is 12.0. The fourth-order valence-corrected chi connectivity index (χ4v) is 3.57. The highest BCUT2D eigenvalue weighted by atomic mass is 19.1. The number of hydrogen-bond donors (Lipinski definition) is 1. The van der Waals surface area contributed by atoms with Crippen LogP contribution in [0, 0.1) is 17.7 Å². The van der Waals surface area contributed by atoms with Crippen molar-refractivity contribution >= 4 is 5.69 Å². The number of halogens is 1.